The highest BCUT2D eigenvalue weighted by molar-refractivity contribution is 9.10. The zero-order chi connectivity index (χ0) is 15.0. The summed E-state index contributed by atoms with van der Waals surface area (Å²) in [6.07, 6.45) is 0. The van der Waals surface area contributed by atoms with Crippen LogP contribution in [-0.4, -0.2) is 9.55 Å². The van der Waals surface area contributed by atoms with Crippen LogP contribution < -0.4 is 0 Å². The Bertz CT molecular complexity index is 877. The van der Waals surface area contributed by atoms with E-state index >= 15 is 0 Å². The van der Waals surface area contributed by atoms with Gasteiger partial charge in [-0.25, -0.2) is 4.98 Å². The van der Waals surface area contributed by atoms with Crippen molar-refractivity contribution in [2.75, 3.05) is 0 Å². The number of benzene rings is 2. The molecule has 0 amide bonds. The second-order valence-electron chi connectivity index (χ2n) is 4.74. The molecule has 3 aromatic rings. The summed E-state index contributed by atoms with van der Waals surface area (Å²) in [4.78, 5) is 4.56. The van der Waals surface area contributed by atoms with Gasteiger partial charge in [-0.2, -0.15) is 5.26 Å². The number of halogens is 2. The van der Waals surface area contributed by atoms with E-state index in [0.29, 0.717) is 11.4 Å². The summed E-state index contributed by atoms with van der Waals surface area (Å²) in [5.74, 6) is 1.08. The zero-order valence-corrected chi connectivity index (χ0v) is 13.6. The van der Waals surface area contributed by atoms with Gasteiger partial charge in [-0.3, -0.25) is 4.57 Å². The predicted octanol–water partition coefficient (Wildman–Crippen LogP) is 4.71. The molecular formula is C16H11BrClN3. The number of alkyl halides is 1. The summed E-state index contributed by atoms with van der Waals surface area (Å²) in [6, 6.07) is 13.7. The maximum Gasteiger partial charge on any atom is 0.129 e. The van der Waals surface area contributed by atoms with E-state index in [9.17, 15) is 0 Å². The number of imidazole rings is 1. The first kappa shape index (κ1) is 14.1. The van der Waals surface area contributed by atoms with Crippen molar-refractivity contribution in [3.63, 3.8) is 0 Å². The number of aryl methyl sites for hydroxylation is 1. The van der Waals surface area contributed by atoms with Gasteiger partial charge in [0.15, 0.2) is 0 Å². The maximum absolute atomic E-state index is 9.10. The Morgan fingerprint density at radius 2 is 2.10 bits per heavy atom. The molecule has 1 heterocycles. The molecule has 0 spiro atoms. The molecule has 0 radical (unpaired) electrons. The van der Waals surface area contributed by atoms with E-state index in [4.69, 9.17) is 16.9 Å². The van der Waals surface area contributed by atoms with Gasteiger partial charge in [-0.15, -0.1) is 11.6 Å². The lowest BCUT2D eigenvalue weighted by Crippen LogP contribution is -2.01. The second kappa shape index (κ2) is 5.51. The molecule has 2 aromatic carbocycles. The molecule has 0 saturated carbocycles. The van der Waals surface area contributed by atoms with Crippen molar-refractivity contribution in [1.82, 2.24) is 9.55 Å². The average molecular weight is 361 g/mol. The Morgan fingerprint density at radius 3 is 2.76 bits per heavy atom. The molecule has 0 aliphatic heterocycles. The highest BCUT2D eigenvalue weighted by Gasteiger charge is 2.14. The number of hydrogen-bond donors (Lipinski definition) is 0. The summed E-state index contributed by atoms with van der Waals surface area (Å²) in [5.41, 5.74) is 4.48. The molecule has 0 aliphatic carbocycles. The summed E-state index contributed by atoms with van der Waals surface area (Å²) < 4.78 is 3.05. The smallest absolute Gasteiger partial charge is 0.129 e. The lowest BCUT2D eigenvalue weighted by molar-refractivity contribution is 0.971. The lowest BCUT2D eigenvalue weighted by atomic mass is 10.1. The van der Waals surface area contributed by atoms with Crippen LogP contribution in [0.4, 0.5) is 0 Å². The standard InChI is InChI=1S/C16H11BrClN3/c1-10-6-12(17)3-5-14(10)21-15-7-11(9-19)2-4-13(15)20-16(21)8-18/h2-7H,8H2,1H3. The molecule has 3 nitrogen and oxygen atoms in total. The summed E-state index contributed by atoms with van der Waals surface area (Å²) >= 11 is 9.53. The van der Waals surface area contributed by atoms with Gasteiger partial charge in [0, 0.05) is 4.47 Å². The van der Waals surface area contributed by atoms with Crippen LogP contribution in [0.3, 0.4) is 0 Å². The van der Waals surface area contributed by atoms with Gasteiger partial charge in [0.2, 0.25) is 0 Å². The molecule has 0 aliphatic rings. The SMILES string of the molecule is Cc1cc(Br)ccc1-n1c(CCl)nc2ccc(C#N)cc21. The van der Waals surface area contributed by atoms with E-state index in [-0.39, 0.29) is 0 Å². The third kappa shape index (κ3) is 2.44. The molecule has 5 heteroatoms. The van der Waals surface area contributed by atoms with Crippen LogP contribution in [0.2, 0.25) is 0 Å². The molecule has 0 unspecified atom stereocenters. The summed E-state index contributed by atoms with van der Waals surface area (Å²) in [7, 11) is 0. The monoisotopic (exact) mass is 359 g/mol. The summed E-state index contributed by atoms with van der Waals surface area (Å²) in [6.45, 7) is 2.04. The largest absolute Gasteiger partial charge is 0.295 e. The Morgan fingerprint density at radius 1 is 1.29 bits per heavy atom. The molecule has 0 saturated heterocycles. The molecule has 0 fully saturated rings. The fourth-order valence-corrected chi connectivity index (χ4v) is 3.08. The number of nitrogens with zero attached hydrogens (tertiary/aromatic N) is 3. The van der Waals surface area contributed by atoms with Crippen LogP contribution in [0.25, 0.3) is 16.7 Å². The Kier molecular flexibility index (Phi) is 3.71. The van der Waals surface area contributed by atoms with Gasteiger partial charge in [0.05, 0.1) is 34.2 Å². The van der Waals surface area contributed by atoms with Crippen molar-refractivity contribution in [1.29, 1.82) is 5.26 Å². The van der Waals surface area contributed by atoms with Crippen LogP contribution in [0.1, 0.15) is 17.0 Å². The highest BCUT2D eigenvalue weighted by atomic mass is 79.9. The van der Waals surface area contributed by atoms with E-state index in [2.05, 4.69) is 27.0 Å². The number of nitriles is 1. The van der Waals surface area contributed by atoms with Crippen molar-refractivity contribution in [2.45, 2.75) is 12.8 Å². The first-order valence-electron chi connectivity index (χ1n) is 6.38. The van der Waals surface area contributed by atoms with E-state index in [0.717, 1.165) is 32.6 Å². The molecule has 104 valence electrons. The normalized spacial score (nSPS) is 10.8. The molecule has 0 bridgehead atoms. The minimum Gasteiger partial charge on any atom is -0.295 e. The molecular weight excluding hydrogens is 350 g/mol. The van der Waals surface area contributed by atoms with Gasteiger partial charge in [0.1, 0.15) is 5.82 Å². The molecule has 0 N–H and O–H groups in total. The number of aromatic nitrogens is 2. The van der Waals surface area contributed by atoms with Crippen molar-refractivity contribution in [3.05, 3.63) is 57.8 Å². The van der Waals surface area contributed by atoms with Gasteiger partial charge < -0.3 is 0 Å². The Labute approximate surface area is 135 Å². The van der Waals surface area contributed by atoms with E-state index in [1.165, 1.54) is 0 Å². The van der Waals surface area contributed by atoms with E-state index in [1.54, 1.807) is 6.07 Å². The van der Waals surface area contributed by atoms with Crippen LogP contribution in [-0.2, 0) is 5.88 Å². The number of hydrogen-bond acceptors (Lipinski definition) is 2. The van der Waals surface area contributed by atoms with Crippen LogP contribution >= 0.6 is 27.5 Å². The number of rotatable bonds is 2. The van der Waals surface area contributed by atoms with E-state index < -0.39 is 0 Å². The number of fused-ring (bicyclic) bond motifs is 1. The first-order chi connectivity index (χ1) is 10.1. The highest BCUT2D eigenvalue weighted by Crippen LogP contribution is 2.27. The van der Waals surface area contributed by atoms with Gasteiger partial charge >= 0.3 is 0 Å². The average Bonchev–Trinajstić information content (AvgIpc) is 2.84. The van der Waals surface area contributed by atoms with Crippen molar-refractivity contribution in [2.24, 2.45) is 0 Å². The molecule has 0 atom stereocenters. The predicted molar refractivity (Wildman–Crippen MR) is 87.8 cm³/mol. The van der Waals surface area contributed by atoms with Crippen molar-refractivity contribution < 1.29 is 0 Å². The van der Waals surface area contributed by atoms with Crippen LogP contribution in [0, 0.1) is 18.3 Å². The first-order valence-corrected chi connectivity index (χ1v) is 7.71. The van der Waals surface area contributed by atoms with Gasteiger partial charge in [-0.05, 0) is 48.9 Å². The third-order valence-electron chi connectivity index (χ3n) is 3.37. The van der Waals surface area contributed by atoms with Crippen LogP contribution in [0.15, 0.2) is 40.9 Å². The minimum atomic E-state index is 0.312. The van der Waals surface area contributed by atoms with Gasteiger partial charge in [0.25, 0.3) is 0 Å². The second-order valence-corrected chi connectivity index (χ2v) is 5.93. The van der Waals surface area contributed by atoms with Crippen molar-refractivity contribution in [3.8, 4) is 11.8 Å². The molecule has 1 aromatic heterocycles. The topological polar surface area (TPSA) is 41.6 Å². The fourth-order valence-electron chi connectivity index (χ4n) is 2.42. The third-order valence-corrected chi connectivity index (χ3v) is 4.10. The molecule has 21 heavy (non-hydrogen) atoms. The van der Waals surface area contributed by atoms with E-state index in [1.807, 2.05) is 41.8 Å². The lowest BCUT2D eigenvalue weighted by Gasteiger charge is -2.11. The van der Waals surface area contributed by atoms with Gasteiger partial charge in [-0.1, -0.05) is 15.9 Å². The maximum atomic E-state index is 9.10. The minimum absolute atomic E-state index is 0.312. The molecule has 3 rings (SSSR count). The van der Waals surface area contributed by atoms with Crippen LogP contribution in [0.5, 0.6) is 0 Å². The zero-order valence-electron chi connectivity index (χ0n) is 11.3. The Hall–Kier alpha value is -1.83. The summed E-state index contributed by atoms with van der Waals surface area (Å²) in [5, 5.41) is 9.10. The quantitative estimate of drug-likeness (QED) is 0.621. The van der Waals surface area contributed by atoms with Crippen molar-refractivity contribution >= 4 is 38.6 Å². The fraction of sp³-hybridized carbons (Fsp3) is 0.125. The Balaban J connectivity index is 2.36.